The van der Waals surface area contributed by atoms with Crippen molar-refractivity contribution in [2.45, 2.75) is 26.3 Å². The Morgan fingerprint density at radius 1 is 1.11 bits per heavy atom. The van der Waals surface area contributed by atoms with Gasteiger partial charge in [0.25, 0.3) is 5.91 Å². The lowest BCUT2D eigenvalue weighted by atomic mass is 9.93. The third-order valence-corrected chi connectivity index (χ3v) is 6.24. The predicted octanol–water partition coefficient (Wildman–Crippen LogP) is 4.92. The predicted molar refractivity (Wildman–Crippen MR) is 109 cm³/mol. The Labute approximate surface area is 164 Å². The van der Waals surface area contributed by atoms with Gasteiger partial charge < -0.3 is 9.64 Å². The second-order valence-electron chi connectivity index (χ2n) is 6.98. The summed E-state index contributed by atoms with van der Waals surface area (Å²) in [6.45, 7) is 4.91. The van der Waals surface area contributed by atoms with Crippen LogP contribution in [-0.4, -0.2) is 24.0 Å². The van der Waals surface area contributed by atoms with Crippen LogP contribution in [-0.2, 0) is 11.2 Å². The Morgan fingerprint density at radius 2 is 1.93 bits per heavy atom. The number of hydrogen-bond donors (Lipinski definition) is 0. The molecule has 1 aromatic heterocycles. The maximum absolute atomic E-state index is 13.0. The van der Waals surface area contributed by atoms with Gasteiger partial charge >= 0.3 is 0 Å². The van der Waals surface area contributed by atoms with Crippen molar-refractivity contribution < 1.29 is 9.53 Å². The van der Waals surface area contributed by atoms with Gasteiger partial charge in [0.05, 0.1) is 6.04 Å². The van der Waals surface area contributed by atoms with Crippen molar-refractivity contribution in [1.29, 1.82) is 0 Å². The Hall–Kier alpha value is -2.59. The van der Waals surface area contributed by atoms with Gasteiger partial charge in [-0.1, -0.05) is 36.4 Å². The molecule has 4 heteroatoms. The zero-order valence-corrected chi connectivity index (χ0v) is 16.5. The molecule has 1 aliphatic rings. The van der Waals surface area contributed by atoms with Crippen LogP contribution in [0.15, 0.2) is 60.0 Å². The second-order valence-corrected chi connectivity index (χ2v) is 7.98. The molecule has 138 valence electrons. The van der Waals surface area contributed by atoms with Crippen molar-refractivity contribution in [3.63, 3.8) is 0 Å². The van der Waals surface area contributed by atoms with Gasteiger partial charge in [0.1, 0.15) is 5.75 Å². The first-order valence-corrected chi connectivity index (χ1v) is 10.1. The normalized spacial score (nSPS) is 16.1. The van der Waals surface area contributed by atoms with Gasteiger partial charge in [0.2, 0.25) is 0 Å². The molecule has 1 unspecified atom stereocenters. The summed E-state index contributed by atoms with van der Waals surface area (Å²) in [6.07, 6.45) is 0.908. The molecule has 2 heterocycles. The van der Waals surface area contributed by atoms with E-state index in [1.807, 2.05) is 41.3 Å². The van der Waals surface area contributed by atoms with Gasteiger partial charge in [0, 0.05) is 11.4 Å². The molecule has 4 rings (SSSR count). The number of carbonyl (C=O) groups is 1. The fourth-order valence-electron chi connectivity index (χ4n) is 3.61. The lowest BCUT2D eigenvalue weighted by molar-refractivity contribution is -0.135. The third-order valence-electron chi connectivity index (χ3n) is 5.24. The van der Waals surface area contributed by atoms with Gasteiger partial charge in [-0.15, -0.1) is 11.3 Å². The number of nitrogens with zero attached hydrogens (tertiary/aromatic N) is 1. The van der Waals surface area contributed by atoms with Crippen molar-refractivity contribution in [1.82, 2.24) is 4.90 Å². The SMILES string of the molecule is Cc1ccc(OCC(=O)N2CCc3sccc3C2c2ccccc2)cc1C. The highest BCUT2D eigenvalue weighted by Crippen LogP contribution is 2.37. The Kier molecular flexibility index (Phi) is 4.99. The average molecular weight is 378 g/mol. The van der Waals surface area contributed by atoms with Crippen molar-refractivity contribution in [3.8, 4) is 5.75 Å². The van der Waals surface area contributed by atoms with Crippen LogP contribution in [0, 0.1) is 13.8 Å². The van der Waals surface area contributed by atoms with E-state index >= 15 is 0 Å². The summed E-state index contributed by atoms with van der Waals surface area (Å²) in [6, 6.07) is 18.3. The number of carbonyl (C=O) groups excluding carboxylic acids is 1. The van der Waals surface area contributed by atoms with Crippen LogP contribution in [0.25, 0.3) is 0 Å². The van der Waals surface area contributed by atoms with E-state index in [4.69, 9.17) is 4.74 Å². The quantitative estimate of drug-likeness (QED) is 0.646. The molecular formula is C23H23NO2S. The Balaban J connectivity index is 1.55. The Bertz CT molecular complexity index is 948. The van der Waals surface area contributed by atoms with Crippen LogP contribution in [0.4, 0.5) is 0 Å². The molecule has 3 aromatic rings. The molecule has 0 fully saturated rings. The molecule has 1 aliphatic heterocycles. The largest absolute Gasteiger partial charge is 0.484 e. The van der Waals surface area contributed by atoms with E-state index in [9.17, 15) is 4.79 Å². The molecule has 0 aliphatic carbocycles. The third kappa shape index (κ3) is 3.62. The molecule has 0 N–H and O–H groups in total. The summed E-state index contributed by atoms with van der Waals surface area (Å²) in [7, 11) is 0. The fourth-order valence-corrected chi connectivity index (χ4v) is 4.52. The molecule has 1 atom stereocenters. The van der Waals surface area contributed by atoms with Gasteiger partial charge in [-0.3, -0.25) is 4.79 Å². The lowest BCUT2D eigenvalue weighted by Gasteiger charge is -2.36. The van der Waals surface area contributed by atoms with Crippen molar-refractivity contribution in [2.75, 3.05) is 13.2 Å². The first kappa shape index (κ1) is 17.8. The zero-order valence-electron chi connectivity index (χ0n) is 15.6. The number of hydrogen-bond acceptors (Lipinski definition) is 3. The molecule has 0 saturated heterocycles. The molecule has 0 radical (unpaired) electrons. The minimum absolute atomic E-state index is 0.0268. The molecule has 27 heavy (non-hydrogen) atoms. The molecule has 3 nitrogen and oxygen atoms in total. The van der Waals surface area contributed by atoms with Crippen LogP contribution in [0.5, 0.6) is 5.75 Å². The smallest absolute Gasteiger partial charge is 0.261 e. The van der Waals surface area contributed by atoms with Crippen molar-refractivity contribution in [3.05, 3.63) is 87.1 Å². The highest BCUT2D eigenvalue weighted by atomic mass is 32.1. The van der Waals surface area contributed by atoms with E-state index in [1.165, 1.54) is 21.6 Å². The average Bonchev–Trinajstić information content (AvgIpc) is 3.17. The number of aryl methyl sites for hydroxylation is 2. The van der Waals surface area contributed by atoms with Gasteiger partial charge in [-0.05, 0) is 66.1 Å². The van der Waals surface area contributed by atoms with E-state index in [0.717, 1.165) is 24.3 Å². The summed E-state index contributed by atoms with van der Waals surface area (Å²) in [5.41, 5.74) is 4.79. The minimum atomic E-state index is -0.0305. The van der Waals surface area contributed by atoms with Crippen LogP contribution >= 0.6 is 11.3 Å². The molecule has 0 saturated carbocycles. The number of rotatable bonds is 4. The first-order valence-electron chi connectivity index (χ1n) is 9.24. The Morgan fingerprint density at radius 3 is 2.70 bits per heavy atom. The van der Waals surface area contributed by atoms with Crippen LogP contribution in [0.1, 0.15) is 33.2 Å². The molecule has 0 spiro atoms. The number of thiophene rings is 1. The second kappa shape index (κ2) is 7.57. The van der Waals surface area contributed by atoms with Crippen molar-refractivity contribution in [2.24, 2.45) is 0 Å². The summed E-state index contributed by atoms with van der Waals surface area (Å²) >= 11 is 1.78. The zero-order chi connectivity index (χ0) is 18.8. The summed E-state index contributed by atoms with van der Waals surface area (Å²) in [4.78, 5) is 16.4. The molecule has 0 bridgehead atoms. The van der Waals surface area contributed by atoms with Gasteiger partial charge in [-0.2, -0.15) is 0 Å². The number of ether oxygens (including phenoxy) is 1. The van der Waals surface area contributed by atoms with Crippen LogP contribution in [0.3, 0.4) is 0 Å². The minimum Gasteiger partial charge on any atom is -0.484 e. The van der Waals surface area contributed by atoms with Crippen LogP contribution in [0.2, 0.25) is 0 Å². The fraction of sp³-hybridized carbons (Fsp3) is 0.261. The van der Waals surface area contributed by atoms with Gasteiger partial charge in [0.15, 0.2) is 6.61 Å². The number of fused-ring (bicyclic) bond motifs is 1. The number of amides is 1. The van der Waals surface area contributed by atoms with E-state index in [2.05, 4.69) is 37.4 Å². The summed E-state index contributed by atoms with van der Waals surface area (Å²) < 4.78 is 5.82. The monoisotopic (exact) mass is 377 g/mol. The molecular weight excluding hydrogens is 354 g/mol. The highest BCUT2D eigenvalue weighted by molar-refractivity contribution is 7.10. The highest BCUT2D eigenvalue weighted by Gasteiger charge is 2.32. The molecule has 2 aromatic carbocycles. The van der Waals surface area contributed by atoms with E-state index in [1.54, 1.807) is 11.3 Å². The van der Waals surface area contributed by atoms with E-state index in [0.29, 0.717) is 0 Å². The summed E-state index contributed by atoms with van der Waals surface area (Å²) in [5.74, 6) is 0.773. The standard InChI is InChI=1S/C23H23NO2S/c1-16-8-9-19(14-17(16)2)26-15-22(25)24-12-10-21-20(11-13-27-21)23(24)18-6-4-3-5-7-18/h3-9,11,13-14,23H,10,12,15H2,1-2H3. The summed E-state index contributed by atoms with van der Waals surface area (Å²) in [5, 5.41) is 2.13. The van der Waals surface area contributed by atoms with Crippen LogP contribution < -0.4 is 4.74 Å². The van der Waals surface area contributed by atoms with E-state index in [-0.39, 0.29) is 18.6 Å². The van der Waals surface area contributed by atoms with Gasteiger partial charge in [-0.25, -0.2) is 0 Å². The van der Waals surface area contributed by atoms with E-state index < -0.39 is 0 Å². The van der Waals surface area contributed by atoms with Crippen molar-refractivity contribution >= 4 is 17.2 Å². The lowest BCUT2D eigenvalue weighted by Crippen LogP contribution is -2.42. The first-order chi connectivity index (χ1) is 13.1. The molecule has 1 amide bonds. The maximum atomic E-state index is 13.0. The topological polar surface area (TPSA) is 29.5 Å². The number of benzene rings is 2. The maximum Gasteiger partial charge on any atom is 0.261 e.